The summed E-state index contributed by atoms with van der Waals surface area (Å²) in [7, 11) is 1.33. The molecule has 0 aliphatic rings. The average Bonchev–Trinajstić information content (AvgIpc) is 2.44. The van der Waals surface area contributed by atoms with E-state index in [1.807, 2.05) is 13.8 Å². The van der Waals surface area contributed by atoms with E-state index >= 15 is 0 Å². The van der Waals surface area contributed by atoms with Crippen molar-refractivity contribution in [3.63, 3.8) is 0 Å². The quantitative estimate of drug-likeness (QED) is 0.616. The molecule has 0 bridgehead atoms. The van der Waals surface area contributed by atoms with Crippen LogP contribution in [0.4, 0.5) is 0 Å². The summed E-state index contributed by atoms with van der Waals surface area (Å²) in [6.45, 7) is 4.09. The molecule has 1 N–H and O–H groups in total. The molecule has 0 radical (unpaired) electrons. The lowest BCUT2D eigenvalue weighted by Crippen LogP contribution is -2.25. The maximum atomic E-state index is 11.9. The van der Waals surface area contributed by atoms with Crippen molar-refractivity contribution in [2.75, 3.05) is 13.7 Å². The number of halogens is 1. The van der Waals surface area contributed by atoms with Gasteiger partial charge in [0.15, 0.2) is 0 Å². The highest BCUT2D eigenvalue weighted by Gasteiger charge is 2.11. The smallest absolute Gasteiger partial charge is 0.305 e. The van der Waals surface area contributed by atoms with E-state index in [0.29, 0.717) is 24.4 Å². The van der Waals surface area contributed by atoms with Crippen LogP contribution in [0.15, 0.2) is 12.3 Å². The van der Waals surface area contributed by atoms with Crippen LogP contribution in [0.2, 0.25) is 5.02 Å². The number of esters is 1. The van der Waals surface area contributed by atoms with Gasteiger partial charge in [-0.05, 0) is 26.3 Å². The van der Waals surface area contributed by atoms with E-state index in [4.69, 9.17) is 16.3 Å². The van der Waals surface area contributed by atoms with Gasteiger partial charge in [0, 0.05) is 19.2 Å². The Kier molecular flexibility index (Phi) is 6.94. The molecule has 0 aliphatic heterocycles. The molecule has 1 aromatic heterocycles. The molecule has 21 heavy (non-hydrogen) atoms. The number of carbonyl (C=O) groups excluding carboxylic acids is 2. The normalized spacial score (nSPS) is 10.3. The van der Waals surface area contributed by atoms with Gasteiger partial charge in [0.1, 0.15) is 5.02 Å². The molecule has 1 aromatic rings. The van der Waals surface area contributed by atoms with Crippen LogP contribution in [0.25, 0.3) is 0 Å². The van der Waals surface area contributed by atoms with Crippen molar-refractivity contribution in [1.82, 2.24) is 10.3 Å². The zero-order chi connectivity index (χ0) is 15.8. The Morgan fingerprint density at radius 2 is 2.14 bits per heavy atom. The molecular weight excluding hydrogens is 296 g/mol. The topological polar surface area (TPSA) is 77.5 Å². The highest BCUT2D eigenvalue weighted by Crippen LogP contribution is 2.23. The first kappa shape index (κ1) is 17.2. The molecule has 0 unspecified atom stereocenters. The number of nitrogens with zero attached hydrogens (tertiary/aromatic N) is 1. The number of ether oxygens (including phenoxy) is 2. The molecule has 0 spiro atoms. The fourth-order valence-corrected chi connectivity index (χ4v) is 1.71. The van der Waals surface area contributed by atoms with Crippen molar-refractivity contribution in [1.29, 1.82) is 0 Å². The highest BCUT2D eigenvalue weighted by molar-refractivity contribution is 6.32. The van der Waals surface area contributed by atoms with Gasteiger partial charge in [0.2, 0.25) is 5.88 Å². The molecule has 1 heterocycles. The standard InChI is InChI=1S/C14H19ClN2O4/c1-9(2)21-14-11(15)7-10(8-17-14)13(19)16-6-4-5-12(18)20-3/h7-9H,4-6H2,1-3H3,(H,16,19). The van der Waals surface area contributed by atoms with Crippen LogP contribution in [0.1, 0.15) is 37.0 Å². The molecular formula is C14H19ClN2O4. The summed E-state index contributed by atoms with van der Waals surface area (Å²) in [5.74, 6) is -0.302. The van der Waals surface area contributed by atoms with Gasteiger partial charge in [-0.25, -0.2) is 4.98 Å². The molecule has 7 heteroatoms. The third-order valence-corrected chi connectivity index (χ3v) is 2.76. The highest BCUT2D eigenvalue weighted by atomic mass is 35.5. The summed E-state index contributed by atoms with van der Waals surface area (Å²) in [5, 5.41) is 2.96. The number of methoxy groups -OCH3 is 1. The Hall–Kier alpha value is -1.82. The Labute approximate surface area is 128 Å². The van der Waals surface area contributed by atoms with E-state index < -0.39 is 0 Å². The van der Waals surface area contributed by atoms with E-state index in [9.17, 15) is 9.59 Å². The van der Waals surface area contributed by atoms with Gasteiger partial charge in [-0.15, -0.1) is 0 Å². The number of rotatable bonds is 7. The summed E-state index contributed by atoms with van der Waals surface area (Å²) in [4.78, 5) is 26.8. The maximum absolute atomic E-state index is 11.9. The Morgan fingerprint density at radius 3 is 2.71 bits per heavy atom. The lowest BCUT2D eigenvalue weighted by atomic mass is 10.2. The first-order chi connectivity index (χ1) is 9.93. The second kappa shape index (κ2) is 8.46. The lowest BCUT2D eigenvalue weighted by molar-refractivity contribution is -0.140. The molecule has 0 atom stereocenters. The minimum Gasteiger partial charge on any atom is -0.474 e. The number of carbonyl (C=O) groups is 2. The number of hydrogen-bond acceptors (Lipinski definition) is 5. The zero-order valence-corrected chi connectivity index (χ0v) is 13.1. The third kappa shape index (κ3) is 5.99. The molecule has 0 saturated heterocycles. The fraction of sp³-hybridized carbons (Fsp3) is 0.500. The fourth-order valence-electron chi connectivity index (χ4n) is 1.50. The third-order valence-electron chi connectivity index (χ3n) is 2.49. The van der Waals surface area contributed by atoms with Crippen molar-refractivity contribution in [3.8, 4) is 5.88 Å². The Bertz CT molecular complexity index is 506. The number of amides is 1. The van der Waals surface area contributed by atoms with Gasteiger partial charge in [0.05, 0.1) is 18.8 Å². The van der Waals surface area contributed by atoms with Gasteiger partial charge in [0.25, 0.3) is 5.91 Å². The lowest BCUT2D eigenvalue weighted by Gasteiger charge is -2.11. The van der Waals surface area contributed by atoms with Crippen LogP contribution in [-0.4, -0.2) is 36.6 Å². The average molecular weight is 315 g/mol. The molecule has 0 saturated carbocycles. The minimum absolute atomic E-state index is 0.0481. The van der Waals surface area contributed by atoms with Crippen molar-refractivity contribution >= 4 is 23.5 Å². The van der Waals surface area contributed by atoms with Crippen molar-refractivity contribution in [2.24, 2.45) is 0 Å². The molecule has 1 amide bonds. The predicted octanol–water partition coefficient (Wildman–Crippen LogP) is 2.21. The predicted molar refractivity (Wildman–Crippen MR) is 78.6 cm³/mol. The molecule has 1 rings (SSSR count). The summed E-state index contributed by atoms with van der Waals surface area (Å²) in [6, 6.07) is 1.50. The van der Waals surface area contributed by atoms with Crippen LogP contribution in [-0.2, 0) is 9.53 Å². The number of hydrogen-bond donors (Lipinski definition) is 1. The van der Waals surface area contributed by atoms with E-state index in [1.165, 1.54) is 19.4 Å². The van der Waals surface area contributed by atoms with E-state index in [0.717, 1.165) is 0 Å². The van der Waals surface area contributed by atoms with E-state index in [-0.39, 0.29) is 29.4 Å². The van der Waals surface area contributed by atoms with Gasteiger partial charge in [-0.2, -0.15) is 0 Å². The summed E-state index contributed by atoms with van der Waals surface area (Å²) in [6.07, 6.45) is 2.12. The van der Waals surface area contributed by atoms with E-state index in [1.54, 1.807) is 0 Å². The first-order valence-electron chi connectivity index (χ1n) is 6.61. The minimum atomic E-state index is -0.302. The van der Waals surface area contributed by atoms with Gasteiger partial charge < -0.3 is 14.8 Å². The Morgan fingerprint density at radius 1 is 1.43 bits per heavy atom. The molecule has 0 aliphatic carbocycles. The van der Waals surface area contributed by atoms with Crippen LogP contribution < -0.4 is 10.1 Å². The van der Waals surface area contributed by atoms with Gasteiger partial charge in [-0.1, -0.05) is 11.6 Å². The first-order valence-corrected chi connectivity index (χ1v) is 6.99. The molecule has 0 fully saturated rings. The van der Waals surface area contributed by atoms with Crippen molar-refractivity contribution in [3.05, 3.63) is 22.8 Å². The molecule has 0 aromatic carbocycles. The molecule has 6 nitrogen and oxygen atoms in total. The second-order valence-corrected chi connectivity index (χ2v) is 5.02. The second-order valence-electron chi connectivity index (χ2n) is 4.61. The largest absolute Gasteiger partial charge is 0.474 e. The monoisotopic (exact) mass is 314 g/mol. The Balaban J connectivity index is 2.51. The summed E-state index contributed by atoms with van der Waals surface area (Å²) < 4.78 is 9.90. The zero-order valence-electron chi connectivity index (χ0n) is 12.3. The summed E-state index contributed by atoms with van der Waals surface area (Å²) >= 11 is 6.01. The van der Waals surface area contributed by atoms with Crippen LogP contribution in [0.3, 0.4) is 0 Å². The number of nitrogens with one attached hydrogen (secondary N) is 1. The summed E-state index contributed by atoms with van der Waals surface area (Å²) in [5.41, 5.74) is 0.342. The van der Waals surface area contributed by atoms with Crippen LogP contribution >= 0.6 is 11.6 Å². The number of aromatic nitrogens is 1. The van der Waals surface area contributed by atoms with Crippen molar-refractivity contribution in [2.45, 2.75) is 32.8 Å². The van der Waals surface area contributed by atoms with E-state index in [2.05, 4.69) is 15.0 Å². The van der Waals surface area contributed by atoms with Crippen molar-refractivity contribution < 1.29 is 19.1 Å². The van der Waals surface area contributed by atoms with Gasteiger partial charge in [-0.3, -0.25) is 9.59 Å². The number of pyridine rings is 1. The molecule has 116 valence electrons. The van der Waals surface area contributed by atoms with Crippen LogP contribution in [0, 0.1) is 0 Å². The SMILES string of the molecule is COC(=O)CCCNC(=O)c1cnc(OC(C)C)c(Cl)c1. The maximum Gasteiger partial charge on any atom is 0.305 e. The van der Waals surface area contributed by atoms with Crippen LogP contribution in [0.5, 0.6) is 5.88 Å². The van der Waals surface area contributed by atoms with Gasteiger partial charge >= 0.3 is 5.97 Å².